The number of imide groups is 1. The first kappa shape index (κ1) is 17.0. The second kappa shape index (κ2) is 7.35. The molecule has 0 saturated heterocycles. The molecule has 3 rings (SSSR count). The molecule has 2 aromatic heterocycles. The fraction of sp³-hybridized carbons (Fsp3) is 0.176. The normalized spacial score (nSPS) is 10.8. The Morgan fingerprint density at radius 3 is 2.68 bits per heavy atom. The highest BCUT2D eigenvalue weighted by molar-refractivity contribution is 7.98. The largest absolute Gasteiger partial charge is 0.351 e. The maximum Gasteiger partial charge on any atom is 0.321 e. The number of hydrogen-bond donors (Lipinski definition) is 2. The highest BCUT2D eigenvalue weighted by Crippen LogP contribution is 2.21. The lowest BCUT2D eigenvalue weighted by Crippen LogP contribution is -2.42. The third-order valence-corrected chi connectivity index (χ3v) is 4.30. The van der Waals surface area contributed by atoms with E-state index in [1.54, 1.807) is 42.4 Å². The van der Waals surface area contributed by atoms with E-state index in [9.17, 15) is 9.59 Å². The molecule has 0 fully saturated rings. The number of thioether (sulfide) groups is 1. The molecule has 0 aliphatic rings. The third-order valence-electron chi connectivity index (χ3n) is 3.71. The van der Waals surface area contributed by atoms with Gasteiger partial charge < -0.3 is 10.7 Å². The molecule has 3 N–H and O–H groups in total. The quantitative estimate of drug-likeness (QED) is 0.731. The number of primary amides is 1. The van der Waals surface area contributed by atoms with Crippen molar-refractivity contribution in [2.75, 3.05) is 18.6 Å². The number of carbonyl (C=O) groups excluding carboxylic acids is 2. The van der Waals surface area contributed by atoms with Crippen LogP contribution in [0.4, 0.5) is 4.79 Å². The number of aromatic amines is 1. The molecule has 0 bridgehead atoms. The number of rotatable bonds is 5. The Labute approximate surface area is 148 Å². The van der Waals surface area contributed by atoms with Gasteiger partial charge in [-0.1, -0.05) is 0 Å². The van der Waals surface area contributed by atoms with Crippen molar-refractivity contribution in [3.8, 4) is 11.4 Å². The van der Waals surface area contributed by atoms with Gasteiger partial charge in [0.2, 0.25) is 0 Å². The maximum atomic E-state index is 12.6. The maximum absolute atomic E-state index is 12.6. The predicted molar refractivity (Wildman–Crippen MR) is 98.3 cm³/mol. The molecule has 7 nitrogen and oxygen atoms in total. The fourth-order valence-corrected chi connectivity index (χ4v) is 2.80. The summed E-state index contributed by atoms with van der Waals surface area (Å²) < 4.78 is 0. The minimum Gasteiger partial charge on any atom is -0.351 e. The zero-order valence-corrected chi connectivity index (χ0v) is 14.4. The van der Waals surface area contributed by atoms with Crippen LogP contribution in [0.2, 0.25) is 0 Å². The van der Waals surface area contributed by atoms with Crippen molar-refractivity contribution < 1.29 is 9.59 Å². The molecule has 1 aromatic carbocycles. The van der Waals surface area contributed by atoms with Gasteiger partial charge >= 0.3 is 6.03 Å². The minimum absolute atomic E-state index is 0.276. The van der Waals surface area contributed by atoms with Gasteiger partial charge in [-0.3, -0.25) is 14.7 Å². The number of aromatic nitrogens is 3. The Morgan fingerprint density at radius 1 is 1.24 bits per heavy atom. The van der Waals surface area contributed by atoms with Gasteiger partial charge in [0, 0.05) is 35.8 Å². The number of imidazole rings is 1. The summed E-state index contributed by atoms with van der Waals surface area (Å²) in [6.45, 7) is 0.276. The second-order valence-electron chi connectivity index (χ2n) is 5.34. The molecular weight excluding hydrogens is 338 g/mol. The molecule has 25 heavy (non-hydrogen) atoms. The minimum atomic E-state index is -0.749. The summed E-state index contributed by atoms with van der Waals surface area (Å²) in [4.78, 5) is 36.9. The Kier molecular flexibility index (Phi) is 4.99. The first-order valence-corrected chi connectivity index (χ1v) is 9.00. The van der Waals surface area contributed by atoms with Crippen LogP contribution < -0.4 is 5.73 Å². The molecule has 0 unspecified atom stereocenters. The summed E-state index contributed by atoms with van der Waals surface area (Å²) in [5, 5.41) is 0. The van der Waals surface area contributed by atoms with Crippen LogP contribution in [0.5, 0.6) is 0 Å². The number of nitrogens with two attached hydrogens (primary N) is 1. The van der Waals surface area contributed by atoms with Gasteiger partial charge in [-0.25, -0.2) is 9.78 Å². The number of hydrogen-bond acceptors (Lipinski definition) is 5. The average Bonchev–Trinajstić information content (AvgIpc) is 3.05. The van der Waals surface area contributed by atoms with E-state index in [1.165, 1.54) is 0 Å². The van der Waals surface area contributed by atoms with E-state index >= 15 is 0 Å². The van der Waals surface area contributed by atoms with Crippen molar-refractivity contribution in [1.29, 1.82) is 0 Å². The van der Waals surface area contributed by atoms with Crippen LogP contribution in [0.25, 0.3) is 22.4 Å². The van der Waals surface area contributed by atoms with E-state index in [0.29, 0.717) is 22.7 Å². The number of nitrogens with one attached hydrogen (secondary N) is 1. The highest BCUT2D eigenvalue weighted by atomic mass is 32.2. The number of carbonyl (C=O) groups is 2. The molecule has 128 valence electrons. The molecule has 3 aromatic rings. The van der Waals surface area contributed by atoms with E-state index in [2.05, 4.69) is 15.0 Å². The van der Waals surface area contributed by atoms with E-state index in [4.69, 9.17) is 5.73 Å². The predicted octanol–water partition coefficient (Wildman–Crippen LogP) is 2.51. The number of benzene rings is 1. The summed E-state index contributed by atoms with van der Waals surface area (Å²) in [6, 6.07) is 8.03. The van der Waals surface area contributed by atoms with Gasteiger partial charge in [-0.05, 0) is 36.6 Å². The molecule has 3 amide bonds. The standard InChI is InChI=1S/C17H17N5O2S/c1-25-9-8-22(17(18)24)16(23)12-2-3-13-14(10-12)21-15(20-13)11-4-6-19-7-5-11/h2-7,10H,8-9H2,1H3,(H2,18,24)(H,20,21). The number of amides is 3. The number of pyridine rings is 1. The van der Waals surface area contributed by atoms with Crippen LogP contribution in [0, 0.1) is 0 Å². The SMILES string of the molecule is CSCCN(C(N)=O)C(=O)c1ccc2nc(-c3ccncc3)[nH]c2c1. The zero-order chi connectivity index (χ0) is 17.8. The van der Waals surface area contributed by atoms with Gasteiger partial charge in [-0.15, -0.1) is 0 Å². The monoisotopic (exact) mass is 355 g/mol. The molecule has 0 aliphatic heterocycles. The van der Waals surface area contributed by atoms with E-state index in [-0.39, 0.29) is 6.54 Å². The van der Waals surface area contributed by atoms with Gasteiger partial charge in [0.05, 0.1) is 11.0 Å². The topological polar surface area (TPSA) is 105 Å². The van der Waals surface area contributed by atoms with Crippen LogP contribution >= 0.6 is 11.8 Å². The molecule has 8 heteroatoms. The molecule has 0 radical (unpaired) electrons. The molecule has 0 spiro atoms. The van der Waals surface area contributed by atoms with Crippen LogP contribution in [-0.4, -0.2) is 50.3 Å². The molecule has 0 saturated carbocycles. The van der Waals surface area contributed by atoms with Gasteiger partial charge in [-0.2, -0.15) is 11.8 Å². The number of H-pyrrole nitrogens is 1. The molecular formula is C17H17N5O2S. The van der Waals surface area contributed by atoms with Gasteiger partial charge in [0.1, 0.15) is 5.82 Å². The Morgan fingerprint density at radius 2 is 2.00 bits per heavy atom. The Bertz CT molecular complexity index is 910. The van der Waals surface area contributed by atoms with Crippen LogP contribution in [0.15, 0.2) is 42.7 Å². The average molecular weight is 355 g/mol. The van der Waals surface area contributed by atoms with Gasteiger partial charge in [0.15, 0.2) is 0 Å². The lowest BCUT2D eigenvalue weighted by atomic mass is 10.2. The summed E-state index contributed by atoms with van der Waals surface area (Å²) in [7, 11) is 0. The Balaban J connectivity index is 1.92. The number of fused-ring (bicyclic) bond motifs is 1. The van der Waals surface area contributed by atoms with Crippen molar-refractivity contribution >= 4 is 34.7 Å². The lowest BCUT2D eigenvalue weighted by Gasteiger charge is -2.17. The van der Waals surface area contributed by atoms with Crippen molar-refractivity contribution in [2.45, 2.75) is 0 Å². The van der Waals surface area contributed by atoms with Crippen LogP contribution in [-0.2, 0) is 0 Å². The van der Waals surface area contributed by atoms with Crippen molar-refractivity contribution in [1.82, 2.24) is 19.9 Å². The molecule has 0 aliphatic carbocycles. The smallest absolute Gasteiger partial charge is 0.321 e. The zero-order valence-electron chi connectivity index (χ0n) is 13.6. The van der Waals surface area contributed by atoms with E-state index < -0.39 is 11.9 Å². The Hall–Kier alpha value is -2.87. The second-order valence-corrected chi connectivity index (χ2v) is 6.33. The third kappa shape index (κ3) is 3.63. The van der Waals surface area contributed by atoms with Crippen LogP contribution in [0.1, 0.15) is 10.4 Å². The summed E-state index contributed by atoms with van der Waals surface area (Å²) in [5.74, 6) is 0.910. The fourth-order valence-electron chi connectivity index (χ4n) is 2.44. The van der Waals surface area contributed by atoms with Gasteiger partial charge in [0.25, 0.3) is 5.91 Å². The number of urea groups is 1. The lowest BCUT2D eigenvalue weighted by molar-refractivity contribution is 0.0816. The molecule has 2 heterocycles. The van der Waals surface area contributed by atoms with Crippen molar-refractivity contribution in [3.63, 3.8) is 0 Å². The first-order chi connectivity index (χ1) is 12.1. The van der Waals surface area contributed by atoms with Crippen LogP contribution in [0.3, 0.4) is 0 Å². The molecule has 0 atom stereocenters. The van der Waals surface area contributed by atoms with Crippen molar-refractivity contribution in [3.05, 3.63) is 48.3 Å². The first-order valence-electron chi connectivity index (χ1n) is 7.60. The summed E-state index contributed by atoms with van der Waals surface area (Å²) >= 11 is 1.54. The van der Waals surface area contributed by atoms with E-state index in [1.807, 2.05) is 18.4 Å². The van der Waals surface area contributed by atoms with Crippen molar-refractivity contribution in [2.24, 2.45) is 5.73 Å². The summed E-state index contributed by atoms with van der Waals surface area (Å²) in [5.41, 5.74) is 8.08. The summed E-state index contributed by atoms with van der Waals surface area (Å²) in [6.07, 6.45) is 5.28. The van der Waals surface area contributed by atoms with E-state index in [0.717, 1.165) is 16.0 Å². The number of nitrogens with zero attached hydrogens (tertiary/aromatic N) is 3. The highest BCUT2D eigenvalue weighted by Gasteiger charge is 2.20.